The number of amides is 2. The number of benzene rings is 1. The van der Waals surface area contributed by atoms with Crippen molar-refractivity contribution in [3.63, 3.8) is 0 Å². The number of rotatable bonds is 9. The van der Waals surface area contributed by atoms with Crippen LogP contribution in [0.3, 0.4) is 0 Å². The molecule has 5 heterocycles. The molecule has 2 saturated heterocycles. The van der Waals surface area contributed by atoms with E-state index in [1.807, 2.05) is 52.1 Å². The Kier molecular flexibility index (Phi) is 8.34. The number of piperazine rings is 1. The van der Waals surface area contributed by atoms with Gasteiger partial charge >= 0.3 is 0 Å². The zero-order chi connectivity index (χ0) is 31.8. The molecule has 46 heavy (non-hydrogen) atoms. The number of nitrogens with one attached hydrogen (secondary N) is 1. The van der Waals surface area contributed by atoms with Gasteiger partial charge in [0.1, 0.15) is 6.54 Å². The van der Waals surface area contributed by atoms with E-state index in [0.717, 1.165) is 74.7 Å². The number of pyridine rings is 1. The smallest absolute Gasteiger partial charge is 0.253 e. The zero-order valence-electron chi connectivity index (χ0n) is 26.7. The topological polar surface area (TPSA) is 116 Å². The average molecular weight is 627 g/mol. The summed E-state index contributed by atoms with van der Waals surface area (Å²) in [6.07, 6.45) is 7.89. The van der Waals surface area contributed by atoms with Crippen molar-refractivity contribution in [1.29, 1.82) is 0 Å². The maximum atomic E-state index is 12.7. The van der Waals surface area contributed by atoms with Crippen molar-refractivity contribution in [2.45, 2.75) is 32.1 Å². The summed E-state index contributed by atoms with van der Waals surface area (Å²) in [6, 6.07) is 11.9. The van der Waals surface area contributed by atoms with E-state index < -0.39 is 0 Å². The van der Waals surface area contributed by atoms with Crippen molar-refractivity contribution >= 4 is 34.8 Å². The van der Waals surface area contributed by atoms with Crippen LogP contribution in [0.1, 0.15) is 28.8 Å². The van der Waals surface area contributed by atoms with E-state index in [4.69, 9.17) is 9.72 Å². The molecule has 3 aliphatic rings. The molecule has 3 aromatic heterocycles. The number of likely N-dealkylation sites (N-methyl/N-ethyl adjacent to an activating group) is 1. The Bertz CT molecular complexity index is 1690. The standard InChI is InChI=1S/C33H42N10O3/c1-38(2)32(45)24-7-4-6-23(16-24)22-46-30-25-9-10-26(30)19-41(18-25)28-8-5-11-43-31(28)36-33(37-43)35-27-17-34-42(20-27)21-29(44)40-14-12-39(3)13-15-40/h4-8,11,16-17,20,25-26,30H,9-10,12-15,18-19,21-22H2,1-3H3,(H,35,37). The van der Waals surface area contributed by atoms with Gasteiger partial charge in [-0.25, -0.2) is 4.52 Å². The van der Waals surface area contributed by atoms with Crippen LogP contribution in [0.4, 0.5) is 17.3 Å². The molecule has 0 radical (unpaired) electrons. The fourth-order valence-electron chi connectivity index (χ4n) is 7.02. The first-order valence-electron chi connectivity index (χ1n) is 16.1. The molecule has 2 aliphatic heterocycles. The van der Waals surface area contributed by atoms with Crippen LogP contribution in [0.5, 0.6) is 0 Å². The summed E-state index contributed by atoms with van der Waals surface area (Å²) in [7, 11) is 5.61. The number of fused-ring (bicyclic) bond motifs is 3. The molecule has 4 aromatic rings. The van der Waals surface area contributed by atoms with Crippen molar-refractivity contribution in [2.75, 3.05) is 70.6 Å². The highest BCUT2D eigenvalue weighted by molar-refractivity contribution is 5.94. The molecule has 1 saturated carbocycles. The molecule has 13 heteroatoms. The van der Waals surface area contributed by atoms with Gasteiger partial charge in [0.25, 0.3) is 5.91 Å². The Morgan fingerprint density at radius 1 is 1.04 bits per heavy atom. The summed E-state index contributed by atoms with van der Waals surface area (Å²) in [6.45, 7) is 5.77. The van der Waals surface area contributed by atoms with Crippen LogP contribution in [0, 0.1) is 11.8 Å². The predicted molar refractivity (Wildman–Crippen MR) is 174 cm³/mol. The highest BCUT2D eigenvalue weighted by Gasteiger charge is 2.43. The number of hydrogen-bond donors (Lipinski definition) is 1. The molecule has 242 valence electrons. The lowest BCUT2D eigenvalue weighted by atomic mass is 9.94. The van der Waals surface area contributed by atoms with Gasteiger partial charge in [0.2, 0.25) is 11.9 Å². The first kappa shape index (κ1) is 30.2. The molecule has 3 fully saturated rings. The van der Waals surface area contributed by atoms with Crippen LogP contribution in [-0.4, -0.2) is 117 Å². The van der Waals surface area contributed by atoms with Crippen LogP contribution in [0.2, 0.25) is 0 Å². The van der Waals surface area contributed by atoms with Gasteiger partial charge in [-0.2, -0.15) is 10.1 Å². The quantitative estimate of drug-likeness (QED) is 0.299. The summed E-state index contributed by atoms with van der Waals surface area (Å²) in [5.41, 5.74) is 4.29. The highest BCUT2D eigenvalue weighted by Crippen LogP contribution is 2.41. The van der Waals surface area contributed by atoms with Gasteiger partial charge < -0.3 is 29.7 Å². The van der Waals surface area contributed by atoms with Crippen molar-refractivity contribution in [2.24, 2.45) is 11.8 Å². The van der Waals surface area contributed by atoms with E-state index >= 15 is 0 Å². The summed E-state index contributed by atoms with van der Waals surface area (Å²) in [4.78, 5) is 38.2. The number of carbonyl (C=O) groups excluding carboxylic acids is 2. The first-order chi connectivity index (χ1) is 22.3. The van der Waals surface area contributed by atoms with E-state index in [-0.39, 0.29) is 24.5 Å². The van der Waals surface area contributed by atoms with Crippen molar-refractivity contribution in [3.8, 4) is 0 Å². The largest absolute Gasteiger partial charge is 0.373 e. The Hall–Kier alpha value is -4.49. The summed E-state index contributed by atoms with van der Waals surface area (Å²) in [5, 5.41) is 12.3. The molecule has 2 unspecified atom stereocenters. The molecule has 1 aliphatic carbocycles. The van der Waals surface area contributed by atoms with E-state index in [0.29, 0.717) is 30.0 Å². The highest BCUT2D eigenvalue weighted by atomic mass is 16.5. The minimum absolute atomic E-state index is 0.000446. The molecule has 2 atom stereocenters. The van der Waals surface area contributed by atoms with E-state index in [1.54, 1.807) is 29.9 Å². The minimum Gasteiger partial charge on any atom is -0.373 e. The van der Waals surface area contributed by atoms with Gasteiger partial charge in [0.15, 0.2) is 5.65 Å². The lowest BCUT2D eigenvalue weighted by Gasteiger charge is -2.39. The SMILES string of the molecule is CN1CCN(C(=O)Cn2cc(Nc3nc4c(N5CC6CCC(C5)C6OCc5cccc(C(=O)N(C)C)c5)cccn4n3)cn2)CC1. The molecular formula is C33H42N10O3. The molecule has 0 spiro atoms. The second kappa shape index (κ2) is 12.7. The number of hydrogen-bond acceptors (Lipinski definition) is 9. The normalized spacial score (nSPS) is 21.6. The second-order valence-corrected chi connectivity index (χ2v) is 13.0. The molecule has 2 bridgehead atoms. The monoisotopic (exact) mass is 626 g/mol. The van der Waals surface area contributed by atoms with Gasteiger partial charge in [-0.1, -0.05) is 12.1 Å². The van der Waals surface area contributed by atoms with Gasteiger partial charge in [-0.15, -0.1) is 5.10 Å². The fourth-order valence-corrected chi connectivity index (χ4v) is 7.02. The Labute approximate surface area is 268 Å². The number of ether oxygens (including phenoxy) is 1. The first-order valence-corrected chi connectivity index (χ1v) is 16.1. The maximum Gasteiger partial charge on any atom is 0.253 e. The van der Waals surface area contributed by atoms with Crippen LogP contribution in [-0.2, 0) is 22.7 Å². The molecular weight excluding hydrogens is 584 g/mol. The molecule has 1 aromatic carbocycles. The van der Waals surface area contributed by atoms with E-state index in [2.05, 4.69) is 38.4 Å². The van der Waals surface area contributed by atoms with Crippen LogP contribution < -0.4 is 10.2 Å². The van der Waals surface area contributed by atoms with Crippen LogP contribution in [0.25, 0.3) is 5.65 Å². The molecule has 2 amide bonds. The third-order valence-electron chi connectivity index (χ3n) is 9.49. The van der Waals surface area contributed by atoms with Crippen molar-refractivity contribution in [3.05, 3.63) is 66.1 Å². The van der Waals surface area contributed by atoms with Gasteiger partial charge in [-0.3, -0.25) is 14.3 Å². The van der Waals surface area contributed by atoms with Crippen LogP contribution >= 0.6 is 0 Å². The van der Waals surface area contributed by atoms with Gasteiger partial charge in [0.05, 0.1) is 30.3 Å². The summed E-state index contributed by atoms with van der Waals surface area (Å²) >= 11 is 0. The number of carbonyl (C=O) groups is 2. The lowest BCUT2D eigenvalue weighted by Crippen LogP contribution is -2.48. The van der Waals surface area contributed by atoms with E-state index in [9.17, 15) is 9.59 Å². The summed E-state index contributed by atoms with van der Waals surface area (Å²) < 4.78 is 10.00. The Morgan fingerprint density at radius 2 is 1.83 bits per heavy atom. The molecule has 7 rings (SSSR count). The lowest BCUT2D eigenvalue weighted by molar-refractivity contribution is -0.133. The Balaban J connectivity index is 0.984. The number of piperidine rings is 1. The average Bonchev–Trinajstić information content (AvgIpc) is 3.74. The maximum absolute atomic E-state index is 12.7. The van der Waals surface area contributed by atoms with Crippen LogP contribution in [0.15, 0.2) is 55.0 Å². The van der Waals surface area contributed by atoms with Crippen molar-refractivity contribution < 1.29 is 14.3 Å². The number of nitrogens with zero attached hydrogens (tertiary/aromatic N) is 9. The third-order valence-corrected chi connectivity index (χ3v) is 9.49. The Morgan fingerprint density at radius 3 is 2.59 bits per heavy atom. The molecule has 1 N–H and O–H groups in total. The van der Waals surface area contributed by atoms with Crippen molar-refractivity contribution in [1.82, 2.24) is 39.1 Å². The number of anilines is 3. The minimum atomic E-state index is -0.000446. The molecule has 13 nitrogen and oxygen atoms in total. The van der Waals surface area contributed by atoms with Gasteiger partial charge in [-0.05, 0) is 49.7 Å². The predicted octanol–water partition coefficient (Wildman–Crippen LogP) is 2.58. The number of aromatic nitrogens is 5. The fraction of sp³-hybridized carbons (Fsp3) is 0.485. The van der Waals surface area contributed by atoms with Gasteiger partial charge in [0, 0.05) is 83.2 Å². The zero-order valence-corrected chi connectivity index (χ0v) is 26.7. The van der Waals surface area contributed by atoms with E-state index in [1.165, 1.54) is 0 Å². The second-order valence-electron chi connectivity index (χ2n) is 13.0. The third kappa shape index (κ3) is 6.29. The summed E-state index contributed by atoms with van der Waals surface area (Å²) in [5.74, 6) is 1.40.